The van der Waals surface area contributed by atoms with Crippen LogP contribution in [-0.4, -0.2) is 44.4 Å². The van der Waals surface area contributed by atoms with Gasteiger partial charge in [-0.05, 0) is 25.0 Å². The van der Waals surface area contributed by atoms with Crippen molar-refractivity contribution in [2.75, 3.05) is 13.1 Å². The molecule has 2 aromatic heterocycles. The van der Waals surface area contributed by atoms with Crippen molar-refractivity contribution >= 4 is 17.5 Å². The fourth-order valence-electron chi connectivity index (χ4n) is 2.65. The Balaban J connectivity index is 1.88. The number of carbonyl (C=O) groups excluding carboxylic acids is 1. The smallest absolute Gasteiger partial charge is 0.308 e. The molecule has 2 aromatic rings. The Labute approximate surface area is 115 Å². The lowest BCUT2D eigenvalue weighted by Gasteiger charge is -2.30. The summed E-state index contributed by atoms with van der Waals surface area (Å²) in [5.74, 6) is -1.44. The number of pyridine rings is 1. The van der Waals surface area contributed by atoms with E-state index >= 15 is 0 Å². The number of amides is 1. The van der Waals surface area contributed by atoms with Crippen LogP contribution < -0.4 is 0 Å². The summed E-state index contributed by atoms with van der Waals surface area (Å²) in [6.07, 6.45) is 6.60. The lowest BCUT2D eigenvalue weighted by molar-refractivity contribution is -0.143. The number of aromatic nitrogens is 2. The van der Waals surface area contributed by atoms with Gasteiger partial charge in [0.1, 0.15) is 5.65 Å². The Hall–Kier alpha value is -2.37. The van der Waals surface area contributed by atoms with Crippen LogP contribution in [0.25, 0.3) is 5.65 Å². The number of carbonyl (C=O) groups is 2. The van der Waals surface area contributed by atoms with Crippen molar-refractivity contribution in [3.05, 3.63) is 36.3 Å². The minimum absolute atomic E-state index is 0.146. The maximum absolute atomic E-state index is 12.6. The number of fused-ring (bicyclic) bond motifs is 1. The minimum Gasteiger partial charge on any atom is -0.481 e. The molecule has 0 aliphatic carbocycles. The Bertz CT molecular complexity index is 664. The summed E-state index contributed by atoms with van der Waals surface area (Å²) in [4.78, 5) is 29.4. The standard InChI is InChI=1S/C14H15N3O3/c18-13(17-7-1-3-10(9-17)14(19)20)11-4-2-6-16-8-5-15-12(11)16/h2,4-6,8,10H,1,3,7,9H2,(H,19,20). The largest absolute Gasteiger partial charge is 0.481 e. The molecule has 1 aliphatic heterocycles. The number of imidazole rings is 1. The van der Waals surface area contributed by atoms with E-state index in [1.54, 1.807) is 33.8 Å². The molecule has 6 nitrogen and oxygen atoms in total. The van der Waals surface area contributed by atoms with E-state index < -0.39 is 11.9 Å². The molecule has 0 bridgehead atoms. The molecule has 1 N–H and O–H groups in total. The molecule has 1 amide bonds. The molecular weight excluding hydrogens is 258 g/mol. The first-order chi connectivity index (χ1) is 9.66. The van der Waals surface area contributed by atoms with Crippen LogP contribution in [0, 0.1) is 5.92 Å². The zero-order valence-electron chi connectivity index (χ0n) is 10.9. The third-order valence-corrected chi connectivity index (χ3v) is 3.71. The van der Waals surface area contributed by atoms with Gasteiger partial charge < -0.3 is 14.4 Å². The zero-order chi connectivity index (χ0) is 14.1. The van der Waals surface area contributed by atoms with E-state index in [2.05, 4.69) is 4.98 Å². The van der Waals surface area contributed by atoms with Crippen LogP contribution in [-0.2, 0) is 4.79 Å². The summed E-state index contributed by atoms with van der Waals surface area (Å²) in [5.41, 5.74) is 1.12. The highest BCUT2D eigenvalue weighted by Gasteiger charge is 2.29. The van der Waals surface area contributed by atoms with E-state index in [0.29, 0.717) is 24.2 Å². The molecule has 1 aliphatic rings. The van der Waals surface area contributed by atoms with Gasteiger partial charge in [0.15, 0.2) is 0 Å². The summed E-state index contributed by atoms with van der Waals surface area (Å²) in [7, 11) is 0. The molecule has 0 radical (unpaired) electrons. The third-order valence-electron chi connectivity index (χ3n) is 3.71. The van der Waals surface area contributed by atoms with Gasteiger partial charge >= 0.3 is 5.97 Å². The predicted molar refractivity (Wildman–Crippen MR) is 71.5 cm³/mol. The van der Waals surface area contributed by atoms with Crippen molar-refractivity contribution in [3.8, 4) is 0 Å². The van der Waals surface area contributed by atoms with Gasteiger partial charge in [-0.15, -0.1) is 0 Å². The number of hydrogen-bond acceptors (Lipinski definition) is 3. The normalized spacial score (nSPS) is 19.2. The average molecular weight is 273 g/mol. The number of nitrogens with zero attached hydrogens (tertiary/aromatic N) is 3. The maximum atomic E-state index is 12.6. The fourth-order valence-corrected chi connectivity index (χ4v) is 2.65. The molecule has 0 saturated carbocycles. The Morgan fingerprint density at radius 2 is 2.20 bits per heavy atom. The summed E-state index contributed by atoms with van der Waals surface area (Å²) < 4.78 is 1.78. The highest BCUT2D eigenvalue weighted by Crippen LogP contribution is 2.20. The summed E-state index contributed by atoms with van der Waals surface area (Å²) in [5, 5.41) is 9.09. The average Bonchev–Trinajstić information content (AvgIpc) is 2.95. The van der Waals surface area contributed by atoms with Crippen molar-refractivity contribution in [1.82, 2.24) is 14.3 Å². The molecule has 20 heavy (non-hydrogen) atoms. The van der Waals surface area contributed by atoms with Gasteiger partial charge in [-0.2, -0.15) is 0 Å². The Morgan fingerprint density at radius 1 is 1.35 bits per heavy atom. The quantitative estimate of drug-likeness (QED) is 0.894. The van der Waals surface area contributed by atoms with Gasteiger partial charge in [-0.3, -0.25) is 9.59 Å². The number of aliphatic carboxylic acids is 1. The minimum atomic E-state index is -0.832. The number of likely N-dealkylation sites (tertiary alicyclic amines) is 1. The summed E-state index contributed by atoms with van der Waals surface area (Å²) in [6, 6.07) is 3.52. The summed E-state index contributed by atoms with van der Waals surface area (Å²) in [6.45, 7) is 0.875. The lowest BCUT2D eigenvalue weighted by atomic mass is 9.98. The van der Waals surface area contributed by atoms with Crippen molar-refractivity contribution < 1.29 is 14.7 Å². The van der Waals surface area contributed by atoms with Crippen LogP contribution in [0.3, 0.4) is 0 Å². The Morgan fingerprint density at radius 3 is 3.00 bits per heavy atom. The number of hydrogen-bond donors (Lipinski definition) is 1. The topological polar surface area (TPSA) is 74.9 Å². The first kappa shape index (κ1) is 12.7. The van der Waals surface area contributed by atoms with Crippen LogP contribution >= 0.6 is 0 Å². The van der Waals surface area contributed by atoms with Crippen LogP contribution in [0.2, 0.25) is 0 Å². The molecule has 104 valence electrons. The lowest BCUT2D eigenvalue weighted by Crippen LogP contribution is -2.42. The first-order valence-electron chi connectivity index (χ1n) is 6.60. The molecular formula is C14H15N3O3. The van der Waals surface area contributed by atoms with E-state index in [9.17, 15) is 9.59 Å². The van der Waals surface area contributed by atoms with E-state index in [0.717, 1.165) is 6.42 Å². The van der Waals surface area contributed by atoms with Crippen LogP contribution in [0.5, 0.6) is 0 Å². The van der Waals surface area contributed by atoms with Crippen molar-refractivity contribution in [2.24, 2.45) is 5.92 Å². The highest BCUT2D eigenvalue weighted by molar-refractivity contribution is 6.00. The molecule has 1 atom stereocenters. The highest BCUT2D eigenvalue weighted by atomic mass is 16.4. The van der Waals surface area contributed by atoms with Gasteiger partial charge in [0, 0.05) is 31.7 Å². The molecule has 1 unspecified atom stereocenters. The zero-order valence-corrected chi connectivity index (χ0v) is 10.9. The monoisotopic (exact) mass is 273 g/mol. The second-order valence-corrected chi connectivity index (χ2v) is 5.01. The van der Waals surface area contributed by atoms with Gasteiger partial charge in [0.05, 0.1) is 11.5 Å². The van der Waals surface area contributed by atoms with Gasteiger partial charge in [0.25, 0.3) is 5.91 Å². The second kappa shape index (κ2) is 4.96. The molecule has 6 heteroatoms. The van der Waals surface area contributed by atoms with Crippen molar-refractivity contribution in [1.29, 1.82) is 0 Å². The fraction of sp³-hybridized carbons (Fsp3) is 0.357. The number of carboxylic acid groups (broad SMARTS) is 1. The SMILES string of the molecule is O=C(O)C1CCCN(C(=O)c2cccn3ccnc23)C1. The number of rotatable bonds is 2. The van der Waals surface area contributed by atoms with E-state index in [1.807, 2.05) is 6.20 Å². The van der Waals surface area contributed by atoms with E-state index in [1.165, 1.54) is 0 Å². The Kier molecular flexibility index (Phi) is 3.14. The molecule has 1 fully saturated rings. The number of piperidine rings is 1. The van der Waals surface area contributed by atoms with Crippen molar-refractivity contribution in [3.63, 3.8) is 0 Å². The molecule has 3 heterocycles. The van der Waals surface area contributed by atoms with Crippen molar-refractivity contribution in [2.45, 2.75) is 12.8 Å². The second-order valence-electron chi connectivity index (χ2n) is 5.01. The van der Waals surface area contributed by atoms with Crippen LogP contribution in [0.4, 0.5) is 0 Å². The van der Waals surface area contributed by atoms with Crippen LogP contribution in [0.1, 0.15) is 23.2 Å². The van der Waals surface area contributed by atoms with E-state index in [4.69, 9.17) is 5.11 Å². The predicted octanol–water partition coefficient (Wildman–Crippen LogP) is 1.27. The van der Waals surface area contributed by atoms with Gasteiger partial charge in [0.2, 0.25) is 0 Å². The van der Waals surface area contributed by atoms with E-state index in [-0.39, 0.29) is 12.5 Å². The molecule has 1 saturated heterocycles. The molecule has 0 spiro atoms. The van der Waals surface area contributed by atoms with Crippen LogP contribution in [0.15, 0.2) is 30.7 Å². The maximum Gasteiger partial charge on any atom is 0.308 e. The first-order valence-corrected chi connectivity index (χ1v) is 6.60. The molecule has 3 rings (SSSR count). The molecule has 0 aromatic carbocycles. The number of carboxylic acids is 1. The van der Waals surface area contributed by atoms with Gasteiger partial charge in [-0.1, -0.05) is 0 Å². The third kappa shape index (κ3) is 2.13. The van der Waals surface area contributed by atoms with Gasteiger partial charge in [-0.25, -0.2) is 4.98 Å². The summed E-state index contributed by atoms with van der Waals surface area (Å²) >= 11 is 0.